The summed E-state index contributed by atoms with van der Waals surface area (Å²) in [6.45, 7) is 5.99. The highest BCUT2D eigenvalue weighted by Gasteiger charge is 2.27. The van der Waals surface area contributed by atoms with E-state index >= 15 is 0 Å². The largest absolute Gasteiger partial charge is 0.368 e. The molecule has 0 heterocycles. The summed E-state index contributed by atoms with van der Waals surface area (Å²) in [5, 5.41) is 2.84. The SMILES string of the molecule is CCCNC(=O)C(C)OCC1CCCC1CN. The van der Waals surface area contributed by atoms with Crippen molar-refractivity contribution in [3.8, 4) is 0 Å². The molecule has 1 rings (SSSR count). The Morgan fingerprint density at radius 2 is 2.18 bits per heavy atom. The van der Waals surface area contributed by atoms with Gasteiger partial charge in [-0.1, -0.05) is 13.3 Å². The number of carbonyl (C=O) groups excluding carboxylic acids is 1. The molecule has 4 heteroatoms. The van der Waals surface area contributed by atoms with Gasteiger partial charge in [0.05, 0.1) is 6.61 Å². The summed E-state index contributed by atoms with van der Waals surface area (Å²) in [6, 6.07) is 0. The zero-order valence-corrected chi connectivity index (χ0v) is 11.1. The van der Waals surface area contributed by atoms with Crippen molar-refractivity contribution in [1.29, 1.82) is 0 Å². The van der Waals surface area contributed by atoms with Gasteiger partial charge in [0.1, 0.15) is 6.10 Å². The van der Waals surface area contributed by atoms with Crippen LogP contribution < -0.4 is 11.1 Å². The molecule has 100 valence electrons. The topological polar surface area (TPSA) is 64.3 Å². The monoisotopic (exact) mass is 242 g/mol. The summed E-state index contributed by atoms with van der Waals surface area (Å²) in [5.41, 5.74) is 5.72. The Morgan fingerprint density at radius 1 is 1.47 bits per heavy atom. The van der Waals surface area contributed by atoms with Crippen molar-refractivity contribution < 1.29 is 9.53 Å². The Kier molecular flexibility index (Phi) is 6.52. The molecule has 1 fully saturated rings. The summed E-state index contributed by atoms with van der Waals surface area (Å²) in [4.78, 5) is 11.6. The normalized spacial score (nSPS) is 25.8. The van der Waals surface area contributed by atoms with E-state index in [0.29, 0.717) is 18.4 Å². The Morgan fingerprint density at radius 3 is 2.82 bits per heavy atom. The van der Waals surface area contributed by atoms with Crippen LogP contribution in [-0.2, 0) is 9.53 Å². The summed E-state index contributed by atoms with van der Waals surface area (Å²) < 4.78 is 5.65. The van der Waals surface area contributed by atoms with Gasteiger partial charge in [-0.05, 0) is 44.6 Å². The van der Waals surface area contributed by atoms with Crippen LogP contribution in [0.4, 0.5) is 0 Å². The van der Waals surface area contributed by atoms with E-state index in [-0.39, 0.29) is 12.0 Å². The van der Waals surface area contributed by atoms with E-state index < -0.39 is 0 Å². The lowest BCUT2D eigenvalue weighted by atomic mass is 9.97. The van der Waals surface area contributed by atoms with E-state index in [0.717, 1.165) is 19.5 Å². The van der Waals surface area contributed by atoms with Gasteiger partial charge < -0.3 is 15.8 Å². The predicted octanol–water partition coefficient (Wildman–Crippen LogP) is 1.29. The lowest BCUT2D eigenvalue weighted by Gasteiger charge is -2.20. The fraction of sp³-hybridized carbons (Fsp3) is 0.923. The van der Waals surface area contributed by atoms with Crippen LogP contribution in [0.3, 0.4) is 0 Å². The van der Waals surface area contributed by atoms with Gasteiger partial charge in [-0.25, -0.2) is 0 Å². The molecule has 17 heavy (non-hydrogen) atoms. The second kappa shape index (κ2) is 7.67. The molecule has 0 bridgehead atoms. The van der Waals surface area contributed by atoms with Crippen LogP contribution in [0.1, 0.15) is 39.5 Å². The highest BCUT2D eigenvalue weighted by atomic mass is 16.5. The van der Waals surface area contributed by atoms with Gasteiger partial charge in [0, 0.05) is 6.54 Å². The van der Waals surface area contributed by atoms with Gasteiger partial charge >= 0.3 is 0 Å². The molecular weight excluding hydrogens is 216 g/mol. The molecule has 1 aliphatic rings. The quantitative estimate of drug-likeness (QED) is 0.707. The first-order valence-electron chi connectivity index (χ1n) is 6.78. The molecule has 3 unspecified atom stereocenters. The molecule has 4 nitrogen and oxygen atoms in total. The second-order valence-electron chi connectivity index (χ2n) is 4.95. The molecule has 0 spiro atoms. The number of ether oxygens (including phenoxy) is 1. The van der Waals surface area contributed by atoms with Crippen LogP contribution in [0, 0.1) is 11.8 Å². The highest BCUT2D eigenvalue weighted by Crippen LogP contribution is 2.31. The number of amides is 1. The van der Waals surface area contributed by atoms with Gasteiger partial charge in [-0.15, -0.1) is 0 Å². The van der Waals surface area contributed by atoms with Crippen molar-refractivity contribution in [2.75, 3.05) is 19.7 Å². The lowest BCUT2D eigenvalue weighted by molar-refractivity contribution is -0.132. The summed E-state index contributed by atoms with van der Waals surface area (Å²) in [6.07, 6.45) is 4.25. The van der Waals surface area contributed by atoms with Crippen molar-refractivity contribution in [1.82, 2.24) is 5.32 Å². The Hall–Kier alpha value is -0.610. The van der Waals surface area contributed by atoms with Crippen LogP contribution in [0.2, 0.25) is 0 Å². The molecule has 1 aliphatic carbocycles. The first-order chi connectivity index (χ1) is 8.19. The van der Waals surface area contributed by atoms with E-state index in [1.807, 2.05) is 13.8 Å². The molecule has 0 aromatic rings. The predicted molar refractivity (Wildman–Crippen MR) is 68.6 cm³/mol. The van der Waals surface area contributed by atoms with Crippen LogP contribution in [0.25, 0.3) is 0 Å². The molecular formula is C13H26N2O2. The Labute approximate surface area is 104 Å². The maximum absolute atomic E-state index is 11.6. The van der Waals surface area contributed by atoms with Crippen molar-refractivity contribution in [2.24, 2.45) is 17.6 Å². The molecule has 1 saturated carbocycles. The maximum atomic E-state index is 11.6. The van der Waals surface area contributed by atoms with Crippen molar-refractivity contribution >= 4 is 5.91 Å². The highest BCUT2D eigenvalue weighted by molar-refractivity contribution is 5.80. The zero-order valence-electron chi connectivity index (χ0n) is 11.1. The molecule has 3 atom stereocenters. The van der Waals surface area contributed by atoms with Crippen LogP contribution in [0.5, 0.6) is 0 Å². The third-order valence-electron chi connectivity index (χ3n) is 3.60. The number of carbonyl (C=O) groups is 1. The van der Waals surface area contributed by atoms with Gasteiger partial charge in [0.2, 0.25) is 5.91 Å². The molecule has 3 N–H and O–H groups in total. The fourth-order valence-electron chi connectivity index (χ4n) is 2.38. The first-order valence-corrected chi connectivity index (χ1v) is 6.78. The van der Waals surface area contributed by atoms with E-state index in [1.54, 1.807) is 0 Å². The average molecular weight is 242 g/mol. The van der Waals surface area contributed by atoms with Crippen molar-refractivity contribution in [3.63, 3.8) is 0 Å². The van der Waals surface area contributed by atoms with E-state index in [1.165, 1.54) is 19.3 Å². The van der Waals surface area contributed by atoms with Gasteiger partial charge in [-0.3, -0.25) is 4.79 Å². The van der Waals surface area contributed by atoms with E-state index in [9.17, 15) is 4.79 Å². The fourth-order valence-corrected chi connectivity index (χ4v) is 2.38. The maximum Gasteiger partial charge on any atom is 0.248 e. The number of hydrogen-bond donors (Lipinski definition) is 2. The second-order valence-corrected chi connectivity index (χ2v) is 4.95. The number of nitrogens with one attached hydrogen (secondary N) is 1. The van der Waals surface area contributed by atoms with Crippen LogP contribution in [0.15, 0.2) is 0 Å². The van der Waals surface area contributed by atoms with Gasteiger partial charge in [-0.2, -0.15) is 0 Å². The first kappa shape index (κ1) is 14.5. The molecule has 0 aromatic carbocycles. The Bertz CT molecular complexity index is 233. The van der Waals surface area contributed by atoms with Crippen LogP contribution in [-0.4, -0.2) is 31.7 Å². The average Bonchev–Trinajstić information content (AvgIpc) is 2.80. The summed E-state index contributed by atoms with van der Waals surface area (Å²) in [7, 11) is 0. The zero-order chi connectivity index (χ0) is 12.7. The van der Waals surface area contributed by atoms with Crippen molar-refractivity contribution in [2.45, 2.75) is 45.6 Å². The summed E-state index contributed by atoms with van der Waals surface area (Å²) in [5.74, 6) is 1.12. The van der Waals surface area contributed by atoms with E-state index in [2.05, 4.69) is 5.32 Å². The minimum atomic E-state index is -0.347. The van der Waals surface area contributed by atoms with Crippen LogP contribution >= 0.6 is 0 Å². The molecule has 0 radical (unpaired) electrons. The Balaban J connectivity index is 2.22. The third kappa shape index (κ3) is 4.64. The minimum absolute atomic E-state index is 0.00542. The van der Waals surface area contributed by atoms with Gasteiger partial charge in [0.15, 0.2) is 0 Å². The molecule has 0 aliphatic heterocycles. The van der Waals surface area contributed by atoms with Crippen molar-refractivity contribution in [3.05, 3.63) is 0 Å². The lowest BCUT2D eigenvalue weighted by Crippen LogP contribution is -2.36. The third-order valence-corrected chi connectivity index (χ3v) is 3.60. The standard InChI is InChI=1S/C13H26N2O2/c1-3-7-15-13(16)10(2)17-9-12-6-4-5-11(12)8-14/h10-12H,3-9,14H2,1-2H3,(H,15,16). The number of rotatable bonds is 7. The molecule has 0 saturated heterocycles. The summed E-state index contributed by atoms with van der Waals surface area (Å²) >= 11 is 0. The minimum Gasteiger partial charge on any atom is -0.368 e. The van der Waals surface area contributed by atoms with E-state index in [4.69, 9.17) is 10.5 Å². The van der Waals surface area contributed by atoms with Gasteiger partial charge in [0.25, 0.3) is 0 Å². The molecule has 1 amide bonds. The number of hydrogen-bond acceptors (Lipinski definition) is 3. The molecule has 0 aromatic heterocycles. The smallest absolute Gasteiger partial charge is 0.248 e. The number of nitrogens with two attached hydrogens (primary N) is 1.